The number of alkyl halides is 2. The van der Waals surface area contributed by atoms with E-state index in [4.69, 9.17) is 14.2 Å². The fourth-order valence-corrected chi connectivity index (χ4v) is 5.80. The van der Waals surface area contributed by atoms with E-state index in [2.05, 4.69) is 11.7 Å². The molecule has 3 saturated heterocycles. The lowest BCUT2D eigenvalue weighted by Gasteiger charge is -2.52. The van der Waals surface area contributed by atoms with E-state index < -0.39 is 63.9 Å². The third kappa shape index (κ3) is 6.33. The van der Waals surface area contributed by atoms with Crippen molar-refractivity contribution in [2.24, 2.45) is 5.41 Å². The molecule has 0 N–H and O–H groups in total. The first kappa shape index (κ1) is 32.9. The quantitative estimate of drug-likeness (QED) is 0.0962. The summed E-state index contributed by atoms with van der Waals surface area (Å²) in [6.07, 6.45) is -0.525. The molecule has 3 aliphatic rings. The molecule has 12 heteroatoms. The lowest BCUT2D eigenvalue weighted by molar-refractivity contribution is -0.480. The first-order valence-corrected chi connectivity index (χ1v) is 14.9. The molecule has 4 nitrogen and oxygen atoms in total. The van der Waals surface area contributed by atoms with Gasteiger partial charge < -0.3 is 18.9 Å². The highest BCUT2D eigenvalue weighted by atomic mass is 19.3. The van der Waals surface area contributed by atoms with Crippen LogP contribution in [0.4, 0.5) is 35.1 Å². The van der Waals surface area contributed by atoms with Crippen LogP contribution in [0.3, 0.4) is 0 Å². The summed E-state index contributed by atoms with van der Waals surface area (Å²) in [4.78, 5) is 0. The van der Waals surface area contributed by atoms with Gasteiger partial charge in [0.1, 0.15) is 28.8 Å². The molecule has 3 heterocycles. The van der Waals surface area contributed by atoms with Crippen molar-refractivity contribution in [1.82, 2.24) is 0 Å². The number of unbranched alkanes of at least 4 members (excludes halogenated alkanes) is 2. The third-order valence-electron chi connectivity index (χ3n) is 8.40. The molecule has 0 unspecified atom stereocenters. The van der Waals surface area contributed by atoms with Gasteiger partial charge in [-0.15, -0.1) is 0 Å². The molecule has 0 aliphatic carbocycles. The zero-order valence-electron chi connectivity index (χ0n) is 25.0. The minimum Gasteiger partial charge on any atom is -0.429 e. The van der Waals surface area contributed by atoms with E-state index in [-0.39, 0.29) is 23.1 Å². The van der Waals surface area contributed by atoms with Crippen molar-refractivity contribution >= 4 is 0 Å². The number of hydrogen-bond acceptors (Lipinski definition) is 4. The van der Waals surface area contributed by atoms with Crippen LogP contribution in [0, 0.1) is 40.3 Å². The Kier molecular flexibility index (Phi) is 8.79. The Morgan fingerprint density at radius 2 is 1.21 bits per heavy atom. The van der Waals surface area contributed by atoms with Gasteiger partial charge in [0.25, 0.3) is 0 Å². The van der Waals surface area contributed by atoms with Crippen molar-refractivity contribution < 1.29 is 54.1 Å². The second-order valence-electron chi connectivity index (χ2n) is 11.8. The van der Waals surface area contributed by atoms with E-state index in [1.54, 1.807) is 24.3 Å². The van der Waals surface area contributed by atoms with Gasteiger partial charge in [-0.05, 0) is 41.3 Å². The van der Waals surface area contributed by atoms with Crippen molar-refractivity contribution in [2.45, 2.75) is 44.7 Å². The highest BCUT2D eigenvalue weighted by Gasteiger charge is 2.53. The van der Waals surface area contributed by atoms with Crippen LogP contribution in [0.1, 0.15) is 43.7 Å². The lowest BCUT2D eigenvalue weighted by atomic mass is 9.82. The molecule has 3 fully saturated rings. The molecule has 4 aromatic carbocycles. The highest BCUT2D eigenvalue weighted by Crippen LogP contribution is 2.47. The monoisotopic (exact) mass is 664 g/mol. The molecular weight excluding hydrogens is 636 g/mol. The van der Waals surface area contributed by atoms with Gasteiger partial charge >= 0.3 is 12.1 Å². The molecule has 0 amide bonds. The van der Waals surface area contributed by atoms with Gasteiger partial charge in [-0.1, -0.05) is 62.6 Å². The van der Waals surface area contributed by atoms with E-state index in [1.165, 1.54) is 12.1 Å². The molecule has 0 aromatic heterocycles. The molecule has 0 spiro atoms. The smallest absolute Gasteiger partial charge is 0.429 e. The second kappa shape index (κ2) is 12.6. The minimum absolute atomic E-state index is 0.0974. The van der Waals surface area contributed by atoms with Crippen molar-refractivity contribution in [3.05, 3.63) is 113 Å². The van der Waals surface area contributed by atoms with Gasteiger partial charge in [0.2, 0.25) is 0 Å². The molecule has 0 saturated carbocycles. The number of hydrogen-bond donors (Lipinski definition) is 0. The van der Waals surface area contributed by atoms with Crippen LogP contribution >= 0.6 is 0 Å². The van der Waals surface area contributed by atoms with Crippen molar-refractivity contribution in [3.8, 4) is 28.0 Å². The Morgan fingerprint density at radius 1 is 0.660 bits per heavy atom. The summed E-state index contributed by atoms with van der Waals surface area (Å²) in [6.45, 7) is 3.66. The number of fused-ring (bicyclic) bond motifs is 3. The molecule has 2 bridgehead atoms. The molecular formula is C35H28F8O4. The fourth-order valence-electron chi connectivity index (χ4n) is 5.80. The number of rotatable bonds is 10. The zero-order chi connectivity index (χ0) is 33.6. The first-order chi connectivity index (χ1) is 22.4. The van der Waals surface area contributed by atoms with Gasteiger partial charge in [-0.3, -0.25) is 0 Å². The summed E-state index contributed by atoms with van der Waals surface area (Å²) in [5.74, 6) is -12.7. The third-order valence-corrected chi connectivity index (χ3v) is 8.40. The Hall–Kier alpha value is -4.00. The van der Waals surface area contributed by atoms with Crippen LogP contribution in [-0.2, 0) is 26.3 Å². The van der Waals surface area contributed by atoms with E-state index in [1.807, 2.05) is 0 Å². The Morgan fingerprint density at radius 3 is 1.77 bits per heavy atom. The van der Waals surface area contributed by atoms with Gasteiger partial charge in [0.15, 0.2) is 17.5 Å². The topological polar surface area (TPSA) is 36.9 Å². The molecule has 47 heavy (non-hydrogen) atoms. The second-order valence-corrected chi connectivity index (χ2v) is 11.8. The van der Waals surface area contributed by atoms with E-state index in [9.17, 15) is 30.7 Å². The standard InChI is InChI=1S/C35H28F8O4/c1-2-3-4-11-33-17-44-35(45-18-33,46-19-33)23-8-5-20(6-9-23)21-7-10-25(26(36)12-21)22-13-27(37)31(28(38)14-22)34(42,43)47-24-15-29(39)32(41)30(40)16-24/h5-10,12-16H,2-4,11,17-19H2,1H3. The summed E-state index contributed by atoms with van der Waals surface area (Å²) in [7, 11) is 0. The van der Waals surface area contributed by atoms with Crippen molar-refractivity contribution in [2.75, 3.05) is 19.8 Å². The normalized spacial score (nSPS) is 20.9. The first-order valence-electron chi connectivity index (χ1n) is 14.9. The average Bonchev–Trinajstić information content (AvgIpc) is 3.04. The summed E-state index contributed by atoms with van der Waals surface area (Å²) in [5, 5.41) is 0. The van der Waals surface area contributed by atoms with E-state index in [0.29, 0.717) is 48.6 Å². The Bertz CT molecular complexity index is 1720. The zero-order valence-corrected chi connectivity index (χ0v) is 25.0. The van der Waals surface area contributed by atoms with Crippen molar-refractivity contribution in [3.63, 3.8) is 0 Å². The Labute approximate surface area is 264 Å². The number of benzene rings is 4. The predicted octanol–water partition coefficient (Wildman–Crippen LogP) is 9.74. The lowest BCUT2D eigenvalue weighted by Crippen LogP contribution is -2.58. The SMILES string of the molecule is CCCCCC12COC(c3ccc(-c4ccc(-c5cc(F)c(C(F)(F)Oc6cc(F)c(F)c(F)c6)c(F)c5)c(F)c4)cc3)(OC1)OC2. The molecule has 3 aliphatic heterocycles. The Balaban J connectivity index is 1.18. The molecule has 248 valence electrons. The predicted molar refractivity (Wildman–Crippen MR) is 154 cm³/mol. The molecule has 0 radical (unpaired) electrons. The largest absolute Gasteiger partial charge is 0.432 e. The highest BCUT2D eigenvalue weighted by molar-refractivity contribution is 5.71. The number of ether oxygens (including phenoxy) is 4. The van der Waals surface area contributed by atoms with Gasteiger partial charge in [-0.25, -0.2) is 26.3 Å². The van der Waals surface area contributed by atoms with E-state index >= 15 is 4.39 Å². The summed E-state index contributed by atoms with van der Waals surface area (Å²) in [5.41, 5.74) is -1.11. The van der Waals surface area contributed by atoms with Crippen LogP contribution in [0.2, 0.25) is 0 Å². The molecule has 0 atom stereocenters. The fraction of sp³-hybridized carbons (Fsp3) is 0.314. The minimum atomic E-state index is -4.77. The summed E-state index contributed by atoms with van der Waals surface area (Å²) < 4.78 is 137. The van der Waals surface area contributed by atoms with Crippen LogP contribution < -0.4 is 4.74 Å². The number of halogens is 8. The van der Waals surface area contributed by atoms with Gasteiger partial charge in [0.05, 0.1) is 19.8 Å². The maximum atomic E-state index is 15.3. The maximum absolute atomic E-state index is 15.3. The van der Waals surface area contributed by atoms with Crippen LogP contribution in [-0.4, -0.2) is 19.8 Å². The summed E-state index contributed by atoms with van der Waals surface area (Å²) in [6, 6.07) is 11.9. The van der Waals surface area contributed by atoms with Crippen LogP contribution in [0.5, 0.6) is 5.75 Å². The van der Waals surface area contributed by atoms with E-state index in [0.717, 1.165) is 31.7 Å². The van der Waals surface area contributed by atoms with Gasteiger partial charge in [0, 0.05) is 28.7 Å². The maximum Gasteiger partial charge on any atom is 0.432 e. The van der Waals surface area contributed by atoms with Gasteiger partial charge in [-0.2, -0.15) is 8.78 Å². The van der Waals surface area contributed by atoms with Crippen molar-refractivity contribution in [1.29, 1.82) is 0 Å². The average molecular weight is 665 g/mol. The van der Waals surface area contributed by atoms with Crippen LogP contribution in [0.25, 0.3) is 22.3 Å². The molecule has 7 rings (SSSR count). The molecule has 4 aromatic rings. The summed E-state index contributed by atoms with van der Waals surface area (Å²) >= 11 is 0. The van der Waals surface area contributed by atoms with Crippen LogP contribution in [0.15, 0.2) is 66.7 Å².